The zero-order valence-electron chi connectivity index (χ0n) is 18.3. The van der Waals surface area contributed by atoms with E-state index in [0.29, 0.717) is 18.0 Å². The van der Waals surface area contributed by atoms with Crippen LogP contribution in [0.2, 0.25) is 0 Å². The molecule has 8 nitrogen and oxygen atoms in total. The maximum atomic E-state index is 10.4. The normalized spacial score (nSPS) is 16.0. The van der Waals surface area contributed by atoms with Gasteiger partial charge in [0, 0.05) is 57.2 Å². The summed E-state index contributed by atoms with van der Waals surface area (Å²) < 4.78 is 19.1. The Morgan fingerprint density at radius 1 is 1.30 bits per heavy atom. The topological polar surface area (TPSA) is 72.2 Å². The van der Waals surface area contributed by atoms with Crippen LogP contribution in [0.5, 0.6) is 11.5 Å². The second-order valence-corrected chi connectivity index (χ2v) is 7.73. The van der Waals surface area contributed by atoms with Crippen LogP contribution in [0.4, 0.5) is 0 Å². The number of aromatic nitrogens is 2. The molecule has 166 valence electrons. The summed E-state index contributed by atoms with van der Waals surface area (Å²) in [5.74, 6) is 2.40. The number of aryl methyl sites for hydroxylation is 1. The van der Waals surface area contributed by atoms with Gasteiger partial charge in [0.15, 0.2) is 11.5 Å². The van der Waals surface area contributed by atoms with Crippen LogP contribution in [0.15, 0.2) is 30.6 Å². The van der Waals surface area contributed by atoms with E-state index < -0.39 is 6.10 Å². The molecule has 1 aliphatic rings. The highest BCUT2D eigenvalue weighted by atomic mass is 16.5. The van der Waals surface area contributed by atoms with Gasteiger partial charge in [0.25, 0.3) is 0 Å². The highest BCUT2D eigenvalue weighted by Crippen LogP contribution is 2.32. The smallest absolute Gasteiger partial charge is 0.165 e. The van der Waals surface area contributed by atoms with Crippen LogP contribution in [0, 0.1) is 6.92 Å². The first kappa shape index (κ1) is 22.6. The predicted octanol–water partition coefficient (Wildman–Crippen LogP) is 1.40. The number of ether oxygens (including phenoxy) is 3. The van der Waals surface area contributed by atoms with Crippen molar-refractivity contribution in [1.29, 1.82) is 0 Å². The molecule has 1 saturated heterocycles. The number of β-amino-alcohol motifs (C(OH)–C–C–N with tert-alkyl or cyclic N) is 1. The fraction of sp³-hybridized carbons (Fsp3) is 0.591. The molecule has 0 spiro atoms. The molecular formula is C22H34N4O4. The summed E-state index contributed by atoms with van der Waals surface area (Å²) in [6.45, 7) is 8.42. The van der Waals surface area contributed by atoms with Crippen molar-refractivity contribution in [3.8, 4) is 11.5 Å². The van der Waals surface area contributed by atoms with Crippen molar-refractivity contribution in [1.82, 2.24) is 19.4 Å². The lowest BCUT2D eigenvalue weighted by molar-refractivity contribution is 0.00432. The monoisotopic (exact) mass is 418 g/mol. The van der Waals surface area contributed by atoms with Gasteiger partial charge in [-0.1, -0.05) is 12.1 Å². The molecule has 8 heteroatoms. The molecule has 2 aromatic rings. The highest BCUT2D eigenvalue weighted by Gasteiger charge is 2.18. The van der Waals surface area contributed by atoms with Gasteiger partial charge in [-0.25, -0.2) is 4.98 Å². The number of nitrogens with zero attached hydrogens (tertiary/aromatic N) is 4. The molecule has 1 aliphatic heterocycles. The molecule has 0 bridgehead atoms. The molecule has 2 heterocycles. The summed E-state index contributed by atoms with van der Waals surface area (Å²) in [6, 6.07) is 5.91. The van der Waals surface area contributed by atoms with Crippen molar-refractivity contribution in [3.63, 3.8) is 0 Å². The maximum absolute atomic E-state index is 10.4. The first-order chi connectivity index (χ1) is 14.6. The van der Waals surface area contributed by atoms with Gasteiger partial charge in [-0.3, -0.25) is 4.90 Å². The van der Waals surface area contributed by atoms with Crippen LogP contribution >= 0.6 is 0 Å². The fourth-order valence-electron chi connectivity index (χ4n) is 3.61. The molecule has 3 rings (SSSR count). The average Bonchev–Trinajstić information content (AvgIpc) is 3.16. The van der Waals surface area contributed by atoms with Gasteiger partial charge in [-0.15, -0.1) is 0 Å². The van der Waals surface area contributed by atoms with Gasteiger partial charge in [0.2, 0.25) is 0 Å². The van der Waals surface area contributed by atoms with Crippen molar-refractivity contribution in [2.45, 2.75) is 26.1 Å². The minimum atomic E-state index is -0.567. The molecule has 0 amide bonds. The summed E-state index contributed by atoms with van der Waals surface area (Å²) in [7, 11) is 3.73. The van der Waals surface area contributed by atoms with Crippen molar-refractivity contribution in [3.05, 3.63) is 42.0 Å². The summed E-state index contributed by atoms with van der Waals surface area (Å²) in [6.07, 6.45) is 3.26. The lowest BCUT2D eigenvalue weighted by atomic mass is 10.1. The lowest BCUT2D eigenvalue weighted by Gasteiger charge is -2.28. The molecule has 0 aliphatic carbocycles. The summed E-state index contributed by atoms with van der Waals surface area (Å²) in [4.78, 5) is 8.71. The van der Waals surface area contributed by atoms with Crippen LogP contribution in [-0.2, 0) is 17.8 Å². The molecule has 0 unspecified atom stereocenters. The standard InChI is InChI=1S/C22H34N4O4/c1-18-23-7-8-26(18)10-9-24(2)15-19-5-4-6-21(28-3)22(19)30-17-20(27)16-25-11-13-29-14-12-25/h4-8,20,27H,9-17H2,1-3H3/t20-/m0/s1. The molecule has 30 heavy (non-hydrogen) atoms. The Labute approximate surface area is 179 Å². The van der Waals surface area contributed by atoms with Gasteiger partial charge in [-0.2, -0.15) is 0 Å². The van der Waals surface area contributed by atoms with E-state index in [-0.39, 0.29) is 6.61 Å². The third kappa shape index (κ3) is 6.43. The second-order valence-electron chi connectivity index (χ2n) is 7.73. The number of benzene rings is 1. The first-order valence-corrected chi connectivity index (χ1v) is 10.5. The van der Waals surface area contributed by atoms with Crippen molar-refractivity contribution in [2.24, 2.45) is 0 Å². The quantitative estimate of drug-likeness (QED) is 0.591. The van der Waals surface area contributed by atoms with Crippen LogP contribution in [0.3, 0.4) is 0 Å². The van der Waals surface area contributed by atoms with E-state index in [1.54, 1.807) is 7.11 Å². The number of aliphatic hydroxyl groups is 1. The third-order valence-corrected chi connectivity index (χ3v) is 5.36. The molecule has 1 atom stereocenters. The molecule has 1 aromatic heterocycles. The number of rotatable bonds is 11. The van der Waals surface area contributed by atoms with E-state index >= 15 is 0 Å². The summed E-state index contributed by atoms with van der Waals surface area (Å²) in [5, 5.41) is 10.4. The number of methoxy groups -OCH3 is 1. The Kier molecular flexibility index (Phi) is 8.50. The van der Waals surface area contributed by atoms with Crippen molar-refractivity contribution < 1.29 is 19.3 Å². The number of hydrogen-bond donors (Lipinski definition) is 1. The molecule has 1 N–H and O–H groups in total. The van der Waals surface area contributed by atoms with E-state index in [1.165, 1.54) is 0 Å². The summed E-state index contributed by atoms with van der Waals surface area (Å²) in [5.41, 5.74) is 1.04. The molecular weight excluding hydrogens is 384 g/mol. The summed E-state index contributed by atoms with van der Waals surface area (Å²) >= 11 is 0. The Balaban J connectivity index is 1.57. The van der Waals surface area contributed by atoms with Gasteiger partial charge >= 0.3 is 0 Å². The molecule has 0 radical (unpaired) electrons. The van der Waals surface area contributed by atoms with E-state index in [9.17, 15) is 5.11 Å². The first-order valence-electron chi connectivity index (χ1n) is 10.5. The number of para-hydroxylation sites is 1. The van der Waals surface area contributed by atoms with Crippen LogP contribution in [-0.4, -0.2) is 90.7 Å². The van der Waals surface area contributed by atoms with Crippen LogP contribution in [0.25, 0.3) is 0 Å². The second kappa shape index (κ2) is 11.3. The minimum Gasteiger partial charge on any atom is -0.493 e. The van der Waals surface area contributed by atoms with Crippen LogP contribution < -0.4 is 9.47 Å². The Morgan fingerprint density at radius 2 is 2.10 bits per heavy atom. The zero-order chi connectivity index (χ0) is 21.3. The largest absolute Gasteiger partial charge is 0.493 e. The highest BCUT2D eigenvalue weighted by molar-refractivity contribution is 5.46. The maximum Gasteiger partial charge on any atom is 0.165 e. The van der Waals surface area contributed by atoms with Gasteiger partial charge in [-0.05, 0) is 20.0 Å². The molecule has 0 saturated carbocycles. The molecule has 1 fully saturated rings. The van der Waals surface area contributed by atoms with Gasteiger partial charge < -0.3 is 28.8 Å². The van der Waals surface area contributed by atoms with Gasteiger partial charge in [0.1, 0.15) is 18.5 Å². The Bertz CT molecular complexity index is 776. The number of likely N-dealkylation sites (N-methyl/N-ethyl adjacent to an activating group) is 1. The van der Waals surface area contributed by atoms with E-state index in [2.05, 4.69) is 26.4 Å². The Morgan fingerprint density at radius 3 is 2.80 bits per heavy atom. The average molecular weight is 419 g/mol. The van der Waals surface area contributed by atoms with Gasteiger partial charge in [0.05, 0.1) is 20.3 Å². The molecule has 1 aromatic carbocycles. The van der Waals surface area contributed by atoms with E-state index in [4.69, 9.17) is 14.2 Å². The minimum absolute atomic E-state index is 0.225. The number of aliphatic hydroxyl groups excluding tert-OH is 1. The third-order valence-electron chi connectivity index (χ3n) is 5.36. The zero-order valence-corrected chi connectivity index (χ0v) is 18.3. The van der Waals surface area contributed by atoms with Crippen molar-refractivity contribution >= 4 is 0 Å². The fourth-order valence-corrected chi connectivity index (χ4v) is 3.61. The number of morpholine rings is 1. The Hall–Kier alpha value is -2.13. The van der Waals surface area contributed by atoms with Crippen LogP contribution in [0.1, 0.15) is 11.4 Å². The van der Waals surface area contributed by atoms with E-state index in [0.717, 1.165) is 57.3 Å². The number of imidazole rings is 1. The SMILES string of the molecule is COc1cccc(CN(C)CCn2ccnc2C)c1OC[C@@H](O)CN1CCOCC1. The predicted molar refractivity (Wildman–Crippen MR) is 115 cm³/mol. The lowest BCUT2D eigenvalue weighted by Crippen LogP contribution is -2.42. The number of hydrogen-bond acceptors (Lipinski definition) is 7. The van der Waals surface area contributed by atoms with E-state index in [1.807, 2.05) is 37.5 Å². The van der Waals surface area contributed by atoms with Crippen molar-refractivity contribution in [2.75, 3.05) is 60.2 Å².